The van der Waals surface area contributed by atoms with Crippen molar-refractivity contribution >= 4 is 54.6 Å². The predicted molar refractivity (Wildman–Crippen MR) is 154 cm³/mol. The van der Waals surface area contributed by atoms with E-state index in [4.69, 9.17) is 8.83 Å². The van der Waals surface area contributed by atoms with Crippen molar-refractivity contribution in [3.63, 3.8) is 0 Å². The minimum atomic E-state index is 0.944. The third-order valence-corrected chi connectivity index (χ3v) is 7.89. The van der Waals surface area contributed by atoms with E-state index in [2.05, 4.69) is 68.4 Å². The summed E-state index contributed by atoms with van der Waals surface area (Å²) in [5.41, 5.74) is 6.90. The van der Waals surface area contributed by atoms with Gasteiger partial charge in [-0.1, -0.05) is 70.6 Å². The fourth-order valence-electron chi connectivity index (χ4n) is 5.99. The van der Waals surface area contributed by atoms with Crippen LogP contribution in [0.1, 0.15) is 76.3 Å². The Labute approximate surface area is 213 Å². The second-order valence-corrected chi connectivity index (χ2v) is 10.4. The fraction of sp³-hybridized carbons (Fsp3) is 0.353. The first kappa shape index (κ1) is 23.2. The van der Waals surface area contributed by atoms with E-state index in [0.29, 0.717) is 0 Å². The maximum Gasteiger partial charge on any atom is 0.136 e. The Morgan fingerprint density at radius 1 is 0.472 bits per heavy atom. The summed E-state index contributed by atoms with van der Waals surface area (Å²) in [4.78, 5) is 0. The van der Waals surface area contributed by atoms with Gasteiger partial charge in [0, 0.05) is 21.5 Å². The predicted octanol–water partition coefficient (Wildman–Crippen LogP) is 10.9. The minimum absolute atomic E-state index is 0.944. The van der Waals surface area contributed by atoms with E-state index >= 15 is 0 Å². The summed E-state index contributed by atoms with van der Waals surface area (Å²) in [7, 11) is 0. The van der Waals surface area contributed by atoms with Crippen molar-refractivity contribution in [3.05, 3.63) is 71.8 Å². The van der Waals surface area contributed by atoms with E-state index in [-0.39, 0.29) is 0 Å². The molecule has 0 saturated heterocycles. The molecule has 0 aliphatic heterocycles. The van der Waals surface area contributed by atoms with Crippen LogP contribution >= 0.6 is 0 Å². The molecule has 2 heterocycles. The Bertz CT molecular complexity index is 1660. The zero-order valence-electron chi connectivity index (χ0n) is 21.7. The van der Waals surface area contributed by atoms with Gasteiger partial charge in [-0.2, -0.15) is 0 Å². The molecule has 0 aliphatic carbocycles. The lowest BCUT2D eigenvalue weighted by Crippen LogP contribution is -1.96. The zero-order chi connectivity index (χ0) is 24.5. The van der Waals surface area contributed by atoms with Crippen molar-refractivity contribution in [2.45, 2.75) is 78.1 Å². The SMILES string of the molecule is CCCCCCc1cc2oc3ccc4c(ccc5oc6ccccc6c54)c3c2cc1CCCCCC. The summed E-state index contributed by atoms with van der Waals surface area (Å²) in [6.07, 6.45) is 12.6. The third kappa shape index (κ3) is 4.07. The van der Waals surface area contributed by atoms with Crippen LogP contribution < -0.4 is 0 Å². The van der Waals surface area contributed by atoms with Gasteiger partial charge in [0.1, 0.15) is 22.3 Å². The number of furan rings is 2. The Balaban J connectivity index is 1.52. The number of fused-ring (bicyclic) bond motifs is 9. The van der Waals surface area contributed by atoms with Crippen LogP contribution in [0, 0.1) is 0 Å². The molecule has 4 aromatic carbocycles. The molecule has 0 N–H and O–H groups in total. The van der Waals surface area contributed by atoms with Crippen LogP contribution in [0.2, 0.25) is 0 Å². The van der Waals surface area contributed by atoms with Gasteiger partial charge in [0.15, 0.2) is 0 Å². The molecule has 0 fully saturated rings. The van der Waals surface area contributed by atoms with Crippen LogP contribution in [0.3, 0.4) is 0 Å². The largest absolute Gasteiger partial charge is 0.456 e. The van der Waals surface area contributed by atoms with Gasteiger partial charge in [-0.25, -0.2) is 0 Å². The van der Waals surface area contributed by atoms with E-state index in [1.807, 2.05) is 6.07 Å². The van der Waals surface area contributed by atoms with Crippen LogP contribution in [0.4, 0.5) is 0 Å². The maximum absolute atomic E-state index is 6.48. The molecule has 6 aromatic rings. The molecule has 2 aromatic heterocycles. The van der Waals surface area contributed by atoms with Gasteiger partial charge in [-0.3, -0.25) is 0 Å². The van der Waals surface area contributed by atoms with Gasteiger partial charge >= 0.3 is 0 Å². The van der Waals surface area contributed by atoms with Crippen molar-refractivity contribution in [3.8, 4) is 0 Å². The molecular weight excluding hydrogens is 440 g/mol. The highest BCUT2D eigenvalue weighted by atomic mass is 16.3. The number of rotatable bonds is 10. The fourth-order valence-corrected chi connectivity index (χ4v) is 5.99. The molecule has 184 valence electrons. The molecule has 0 unspecified atom stereocenters. The normalized spacial score (nSPS) is 12.2. The average Bonchev–Trinajstić information content (AvgIpc) is 3.46. The number of aryl methyl sites for hydroxylation is 2. The lowest BCUT2D eigenvalue weighted by molar-refractivity contribution is 0.647. The Morgan fingerprint density at radius 2 is 1.06 bits per heavy atom. The van der Waals surface area contributed by atoms with Gasteiger partial charge in [0.05, 0.1) is 0 Å². The van der Waals surface area contributed by atoms with Crippen molar-refractivity contribution in [2.75, 3.05) is 0 Å². The number of hydrogen-bond donors (Lipinski definition) is 0. The standard InChI is InChI=1S/C34H36O2/c1-3-5-7-9-13-23-21-28-32(22-24(23)14-10-8-6-4-2)36-31-20-17-25-26(34(28)31)18-19-30-33(25)27-15-11-12-16-29(27)35-30/h11-12,15-22H,3-10,13-14H2,1-2H3. The molecule has 0 amide bonds. The first-order valence-electron chi connectivity index (χ1n) is 14.0. The zero-order valence-corrected chi connectivity index (χ0v) is 21.7. The van der Waals surface area contributed by atoms with Crippen molar-refractivity contribution in [2.24, 2.45) is 0 Å². The highest BCUT2D eigenvalue weighted by molar-refractivity contribution is 6.27. The molecule has 0 radical (unpaired) electrons. The number of unbranched alkanes of at least 4 members (excludes halogenated alkanes) is 6. The van der Waals surface area contributed by atoms with E-state index in [9.17, 15) is 0 Å². The van der Waals surface area contributed by atoms with Crippen LogP contribution in [-0.2, 0) is 12.8 Å². The lowest BCUT2D eigenvalue weighted by Gasteiger charge is -2.11. The molecular formula is C34H36O2. The number of hydrogen-bond acceptors (Lipinski definition) is 2. The van der Waals surface area contributed by atoms with Gasteiger partial charge < -0.3 is 8.83 Å². The molecule has 0 atom stereocenters. The van der Waals surface area contributed by atoms with Gasteiger partial charge in [0.2, 0.25) is 0 Å². The van der Waals surface area contributed by atoms with Crippen LogP contribution in [-0.4, -0.2) is 0 Å². The second-order valence-electron chi connectivity index (χ2n) is 10.4. The highest BCUT2D eigenvalue weighted by Gasteiger charge is 2.17. The Kier molecular flexibility index (Phi) is 6.44. The molecule has 0 aliphatic rings. The molecule has 36 heavy (non-hydrogen) atoms. The smallest absolute Gasteiger partial charge is 0.136 e. The van der Waals surface area contributed by atoms with Crippen molar-refractivity contribution < 1.29 is 8.83 Å². The Morgan fingerprint density at radius 3 is 1.72 bits per heavy atom. The third-order valence-electron chi connectivity index (χ3n) is 7.89. The average molecular weight is 477 g/mol. The maximum atomic E-state index is 6.48. The summed E-state index contributed by atoms with van der Waals surface area (Å²) in [5.74, 6) is 0. The first-order chi connectivity index (χ1) is 17.8. The van der Waals surface area contributed by atoms with Crippen molar-refractivity contribution in [1.82, 2.24) is 0 Å². The highest BCUT2D eigenvalue weighted by Crippen LogP contribution is 2.41. The van der Waals surface area contributed by atoms with E-state index in [1.54, 1.807) is 0 Å². The molecule has 0 bridgehead atoms. The summed E-state index contributed by atoms with van der Waals surface area (Å²) in [6, 6.07) is 21.9. The molecule has 6 rings (SSSR count). The van der Waals surface area contributed by atoms with E-state index in [0.717, 1.165) is 35.2 Å². The topological polar surface area (TPSA) is 26.3 Å². The molecule has 2 heteroatoms. The van der Waals surface area contributed by atoms with Crippen LogP contribution in [0.5, 0.6) is 0 Å². The lowest BCUT2D eigenvalue weighted by atomic mass is 9.93. The van der Waals surface area contributed by atoms with E-state index in [1.165, 1.54) is 94.8 Å². The van der Waals surface area contributed by atoms with Gasteiger partial charge in [0.25, 0.3) is 0 Å². The molecule has 0 spiro atoms. The van der Waals surface area contributed by atoms with Crippen LogP contribution in [0.25, 0.3) is 54.6 Å². The summed E-state index contributed by atoms with van der Waals surface area (Å²) in [6.45, 7) is 4.57. The quantitative estimate of drug-likeness (QED) is 0.184. The van der Waals surface area contributed by atoms with E-state index < -0.39 is 0 Å². The minimum Gasteiger partial charge on any atom is -0.456 e. The van der Waals surface area contributed by atoms with Gasteiger partial charge in [-0.05, 0) is 90.0 Å². The first-order valence-corrected chi connectivity index (χ1v) is 14.0. The molecule has 2 nitrogen and oxygen atoms in total. The number of benzene rings is 4. The molecule has 0 saturated carbocycles. The summed E-state index contributed by atoms with van der Waals surface area (Å²) in [5, 5.41) is 7.36. The Hall–Kier alpha value is -3.26. The summed E-state index contributed by atoms with van der Waals surface area (Å²) < 4.78 is 12.7. The number of para-hydroxylation sites is 1. The summed E-state index contributed by atoms with van der Waals surface area (Å²) >= 11 is 0. The van der Waals surface area contributed by atoms with Gasteiger partial charge in [-0.15, -0.1) is 0 Å². The van der Waals surface area contributed by atoms with Crippen molar-refractivity contribution in [1.29, 1.82) is 0 Å². The monoisotopic (exact) mass is 476 g/mol. The van der Waals surface area contributed by atoms with Crippen LogP contribution in [0.15, 0.2) is 69.5 Å². The second kappa shape index (κ2) is 10.0.